The first kappa shape index (κ1) is 14.2. The fraction of sp³-hybridized carbons (Fsp3) is 0.538. The second-order valence-corrected chi connectivity index (χ2v) is 5.61. The van der Waals surface area contributed by atoms with Crippen LogP contribution < -0.4 is 10.9 Å². The van der Waals surface area contributed by atoms with Gasteiger partial charge >= 0.3 is 0 Å². The number of hydrogen-bond acceptors (Lipinski definition) is 5. The molecule has 19 heavy (non-hydrogen) atoms. The zero-order chi connectivity index (χ0) is 13.8. The van der Waals surface area contributed by atoms with Crippen molar-refractivity contribution >= 4 is 16.3 Å². The maximum absolute atomic E-state index is 12.0. The molecule has 2 aromatic rings. The number of nitrogens with zero attached hydrogens (tertiary/aromatic N) is 3. The van der Waals surface area contributed by atoms with Gasteiger partial charge in [-0.3, -0.25) is 9.20 Å². The third-order valence-electron chi connectivity index (χ3n) is 3.03. The highest BCUT2D eigenvalue weighted by Crippen LogP contribution is 2.12. The zero-order valence-corrected chi connectivity index (χ0v) is 12.5. The van der Waals surface area contributed by atoms with Gasteiger partial charge in [-0.05, 0) is 40.5 Å². The smallest absolute Gasteiger partial charge is 0.259 e. The van der Waals surface area contributed by atoms with E-state index in [4.69, 9.17) is 0 Å². The van der Waals surface area contributed by atoms with Crippen molar-refractivity contribution < 1.29 is 0 Å². The summed E-state index contributed by atoms with van der Waals surface area (Å²) in [6, 6.07) is 1.64. The number of aryl methyl sites for hydroxylation is 1. The first-order valence-electron chi connectivity index (χ1n) is 6.41. The monoisotopic (exact) mass is 280 g/mol. The van der Waals surface area contributed by atoms with E-state index < -0.39 is 0 Å². The third-order valence-corrected chi connectivity index (χ3v) is 3.97. The lowest BCUT2D eigenvalue weighted by Crippen LogP contribution is -2.24. The summed E-state index contributed by atoms with van der Waals surface area (Å²) >= 11 is 1.51. The number of rotatable bonds is 6. The molecule has 0 bridgehead atoms. The lowest BCUT2D eigenvalue weighted by molar-refractivity contribution is 0.317. The number of aromatic nitrogens is 2. The Bertz CT molecular complexity index is 604. The molecular formula is C13H20N4OS. The lowest BCUT2D eigenvalue weighted by Gasteiger charge is -2.15. The summed E-state index contributed by atoms with van der Waals surface area (Å²) in [5.74, 6) is 0. The van der Waals surface area contributed by atoms with Crippen LogP contribution in [-0.2, 0) is 6.54 Å². The van der Waals surface area contributed by atoms with E-state index in [0.29, 0.717) is 6.54 Å². The Morgan fingerprint density at radius 1 is 1.53 bits per heavy atom. The molecule has 0 aliphatic rings. The molecule has 104 valence electrons. The van der Waals surface area contributed by atoms with E-state index in [1.807, 2.05) is 19.4 Å². The van der Waals surface area contributed by atoms with Crippen LogP contribution in [0.1, 0.15) is 17.8 Å². The molecule has 0 aliphatic carbocycles. The van der Waals surface area contributed by atoms with E-state index in [-0.39, 0.29) is 5.56 Å². The Balaban J connectivity index is 2.11. The number of hydrogen-bond donors (Lipinski definition) is 1. The zero-order valence-electron chi connectivity index (χ0n) is 11.6. The maximum atomic E-state index is 12.0. The van der Waals surface area contributed by atoms with Crippen LogP contribution >= 0.6 is 11.3 Å². The van der Waals surface area contributed by atoms with Crippen molar-refractivity contribution in [2.24, 2.45) is 0 Å². The highest BCUT2D eigenvalue weighted by molar-refractivity contribution is 7.15. The molecule has 2 aromatic heterocycles. The van der Waals surface area contributed by atoms with Gasteiger partial charge in [0.1, 0.15) is 0 Å². The van der Waals surface area contributed by atoms with E-state index in [2.05, 4.69) is 22.2 Å². The highest BCUT2D eigenvalue weighted by Gasteiger charge is 2.08. The normalized spacial score (nSPS) is 11.6. The van der Waals surface area contributed by atoms with E-state index in [9.17, 15) is 4.79 Å². The third kappa shape index (κ3) is 3.40. The Morgan fingerprint density at radius 3 is 3.05 bits per heavy atom. The Hall–Kier alpha value is -1.24. The molecule has 5 nitrogen and oxygen atoms in total. The molecular weight excluding hydrogens is 260 g/mol. The summed E-state index contributed by atoms with van der Waals surface area (Å²) in [7, 11) is 4.01. The fourth-order valence-corrected chi connectivity index (χ4v) is 2.95. The molecule has 2 heterocycles. The van der Waals surface area contributed by atoms with Gasteiger partial charge in [-0.15, -0.1) is 11.3 Å². The van der Waals surface area contributed by atoms with Crippen LogP contribution in [0.4, 0.5) is 0 Å². The van der Waals surface area contributed by atoms with Crippen molar-refractivity contribution in [2.75, 3.05) is 27.2 Å². The van der Waals surface area contributed by atoms with Gasteiger partial charge in [-0.1, -0.05) is 0 Å². The van der Waals surface area contributed by atoms with Crippen LogP contribution in [0.2, 0.25) is 0 Å². The second kappa shape index (κ2) is 6.27. The molecule has 0 unspecified atom stereocenters. The largest absolute Gasteiger partial charge is 0.320 e. The highest BCUT2D eigenvalue weighted by atomic mass is 32.1. The Labute approximate surface area is 116 Å². The van der Waals surface area contributed by atoms with Gasteiger partial charge < -0.3 is 10.2 Å². The predicted molar refractivity (Wildman–Crippen MR) is 79.0 cm³/mol. The van der Waals surface area contributed by atoms with Gasteiger partial charge in [0, 0.05) is 23.7 Å². The average molecular weight is 280 g/mol. The van der Waals surface area contributed by atoms with Crippen LogP contribution in [0.15, 0.2) is 16.2 Å². The molecule has 1 N–H and O–H groups in total. The molecule has 0 saturated carbocycles. The second-order valence-electron chi connectivity index (χ2n) is 4.78. The topological polar surface area (TPSA) is 49.6 Å². The summed E-state index contributed by atoms with van der Waals surface area (Å²) in [6.45, 7) is 4.64. The van der Waals surface area contributed by atoms with Crippen LogP contribution in [0.3, 0.4) is 0 Å². The molecule has 0 saturated heterocycles. The first-order valence-corrected chi connectivity index (χ1v) is 7.29. The molecule has 0 fully saturated rings. The summed E-state index contributed by atoms with van der Waals surface area (Å²) in [6.07, 6.45) is 1.09. The van der Waals surface area contributed by atoms with Gasteiger partial charge in [0.2, 0.25) is 0 Å². The standard InChI is InChI=1S/C13H20N4OS/c1-10-9-19-13-15-11(7-12(18)17(10)13)8-16(3)6-4-5-14-2/h7,9,14H,4-6,8H2,1-3H3. The average Bonchev–Trinajstić information content (AvgIpc) is 2.71. The quantitative estimate of drug-likeness (QED) is 0.805. The summed E-state index contributed by atoms with van der Waals surface area (Å²) < 4.78 is 1.66. The van der Waals surface area contributed by atoms with Gasteiger partial charge in [0.25, 0.3) is 5.56 Å². The van der Waals surface area contributed by atoms with Crippen LogP contribution in [0.25, 0.3) is 4.96 Å². The van der Waals surface area contributed by atoms with E-state index in [0.717, 1.165) is 35.9 Å². The van der Waals surface area contributed by atoms with Gasteiger partial charge in [-0.2, -0.15) is 0 Å². The molecule has 2 rings (SSSR count). The van der Waals surface area contributed by atoms with E-state index in [1.54, 1.807) is 10.5 Å². The van der Waals surface area contributed by atoms with E-state index in [1.165, 1.54) is 11.3 Å². The van der Waals surface area contributed by atoms with Crippen molar-refractivity contribution in [3.05, 3.63) is 33.2 Å². The summed E-state index contributed by atoms with van der Waals surface area (Å²) in [4.78, 5) is 19.5. The maximum Gasteiger partial charge on any atom is 0.259 e. The van der Waals surface area contributed by atoms with E-state index >= 15 is 0 Å². The number of fused-ring (bicyclic) bond motifs is 1. The van der Waals surface area contributed by atoms with Crippen molar-refractivity contribution in [1.82, 2.24) is 19.6 Å². The molecule has 0 spiro atoms. The SMILES string of the molecule is CNCCCN(C)Cc1cc(=O)n2c(C)csc2n1. The van der Waals surface area contributed by atoms with Gasteiger partial charge in [0.15, 0.2) is 4.96 Å². The van der Waals surface area contributed by atoms with Gasteiger partial charge in [-0.25, -0.2) is 4.98 Å². The van der Waals surface area contributed by atoms with Crippen molar-refractivity contribution in [3.63, 3.8) is 0 Å². The van der Waals surface area contributed by atoms with Gasteiger partial charge in [0.05, 0.1) is 5.69 Å². The van der Waals surface area contributed by atoms with Crippen LogP contribution in [-0.4, -0.2) is 41.5 Å². The van der Waals surface area contributed by atoms with Crippen molar-refractivity contribution in [1.29, 1.82) is 0 Å². The van der Waals surface area contributed by atoms with Crippen molar-refractivity contribution in [3.8, 4) is 0 Å². The molecule has 0 aromatic carbocycles. The number of nitrogens with one attached hydrogen (secondary N) is 1. The minimum atomic E-state index is 0.0161. The Kier molecular flexibility index (Phi) is 4.68. The summed E-state index contributed by atoms with van der Waals surface area (Å²) in [5, 5.41) is 5.09. The molecule has 0 aliphatic heterocycles. The molecule has 0 amide bonds. The first-order chi connectivity index (χ1) is 9.11. The Morgan fingerprint density at radius 2 is 2.32 bits per heavy atom. The molecule has 0 radical (unpaired) electrons. The molecule has 6 heteroatoms. The molecule has 0 atom stereocenters. The van der Waals surface area contributed by atoms with Crippen LogP contribution in [0.5, 0.6) is 0 Å². The minimum Gasteiger partial charge on any atom is -0.320 e. The van der Waals surface area contributed by atoms with Crippen LogP contribution in [0, 0.1) is 6.92 Å². The van der Waals surface area contributed by atoms with Crippen molar-refractivity contribution in [2.45, 2.75) is 19.9 Å². The predicted octanol–water partition coefficient (Wildman–Crippen LogP) is 1.11. The lowest BCUT2D eigenvalue weighted by atomic mass is 10.3. The summed E-state index contributed by atoms with van der Waals surface area (Å²) in [5.41, 5.74) is 1.81. The minimum absolute atomic E-state index is 0.0161. The number of thiazole rings is 1. The fourth-order valence-electron chi connectivity index (χ4n) is 2.06.